The lowest BCUT2D eigenvalue weighted by Gasteiger charge is -2.40. The van der Waals surface area contributed by atoms with E-state index >= 15 is 0 Å². The number of aliphatic carboxylic acids is 1. The first-order valence-corrected chi connectivity index (χ1v) is 8.37. The molecule has 0 bridgehead atoms. The average molecular weight is 336 g/mol. The molecule has 0 unspecified atom stereocenters. The minimum Gasteiger partial charge on any atom is -0.481 e. The molecule has 2 aliphatic rings. The van der Waals surface area contributed by atoms with Gasteiger partial charge in [-0.05, 0) is 6.42 Å². The Labute approximate surface area is 141 Å². The molecule has 1 N–H and O–H groups in total. The van der Waals surface area contributed by atoms with Gasteiger partial charge in [0.2, 0.25) is 5.91 Å². The second-order valence-corrected chi connectivity index (χ2v) is 6.42. The van der Waals surface area contributed by atoms with E-state index in [1.54, 1.807) is 29.0 Å². The van der Waals surface area contributed by atoms with E-state index in [9.17, 15) is 14.7 Å². The zero-order valence-corrected chi connectivity index (χ0v) is 13.9. The molecule has 3 rings (SSSR count). The lowest BCUT2D eigenvalue weighted by Crippen LogP contribution is -2.49. The van der Waals surface area contributed by atoms with Crippen LogP contribution in [-0.2, 0) is 21.4 Å². The predicted molar refractivity (Wildman–Crippen MR) is 85.3 cm³/mol. The Morgan fingerprint density at radius 2 is 2.12 bits per heavy atom. The van der Waals surface area contributed by atoms with Crippen molar-refractivity contribution in [2.75, 3.05) is 39.4 Å². The van der Waals surface area contributed by atoms with Crippen molar-refractivity contribution < 1.29 is 19.4 Å². The van der Waals surface area contributed by atoms with E-state index in [2.05, 4.69) is 10.00 Å². The number of carbonyl (C=O) groups excluding carboxylic acids is 1. The van der Waals surface area contributed by atoms with Crippen molar-refractivity contribution in [2.24, 2.45) is 13.0 Å². The molecule has 8 heteroatoms. The third-order valence-electron chi connectivity index (χ3n) is 4.85. The van der Waals surface area contributed by atoms with Crippen LogP contribution in [0.5, 0.6) is 0 Å². The van der Waals surface area contributed by atoms with Crippen molar-refractivity contribution >= 4 is 11.9 Å². The Balaban J connectivity index is 1.78. The molecule has 0 aliphatic carbocycles. The summed E-state index contributed by atoms with van der Waals surface area (Å²) in [6.45, 7) is 4.37. The largest absolute Gasteiger partial charge is 0.481 e. The number of hydrogen-bond donors (Lipinski definition) is 1. The van der Waals surface area contributed by atoms with Gasteiger partial charge in [-0.1, -0.05) is 0 Å². The minimum absolute atomic E-state index is 0.0228. The van der Waals surface area contributed by atoms with E-state index in [-0.39, 0.29) is 12.3 Å². The van der Waals surface area contributed by atoms with Crippen LogP contribution in [0, 0.1) is 5.92 Å². The quantitative estimate of drug-likeness (QED) is 0.821. The van der Waals surface area contributed by atoms with Crippen LogP contribution in [0.2, 0.25) is 0 Å². The lowest BCUT2D eigenvalue weighted by molar-refractivity contribution is -0.152. The fourth-order valence-corrected chi connectivity index (χ4v) is 3.55. The molecule has 3 heterocycles. The highest BCUT2D eigenvalue weighted by atomic mass is 16.5. The number of likely N-dealkylation sites (tertiary alicyclic amines) is 1. The summed E-state index contributed by atoms with van der Waals surface area (Å²) in [6, 6.07) is -0.446. The van der Waals surface area contributed by atoms with Crippen molar-refractivity contribution in [2.45, 2.75) is 18.9 Å². The molecule has 0 radical (unpaired) electrons. The maximum Gasteiger partial charge on any atom is 0.308 e. The average Bonchev–Trinajstić information content (AvgIpc) is 3.00. The van der Waals surface area contributed by atoms with E-state index in [0.717, 1.165) is 25.2 Å². The second kappa shape index (κ2) is 7.31. The van der Waals surface area contributed by atoms with Gasteiger partial charge in [0.15, 0.2) is 0 Å². The Hall–Kier alpha value is -1.93. The number of aryl methyl sites for hydroxylation is 1. The monoisotopic (exact) mass is 336 g/mol. The van der Waals surface area contributed by atoms with Crippen molar-refractivity contribution in [3.8, 4) is 0 Å². The maximum atomic E-state index is 12.5. The molecule has 0 saturated carbocycles. The zero-order chi connectivity index (χ0) is 17.1. The number of ether oxygens (including phenoxy) is 1. The smallest absolute Gasteiger partial charge is 0.308 e. The summed E-state index contributed by atoms with van der Waals surface area (Å²) < 4.78 is 6.99. The molecule has 2 fully saturated rings. The molecule has 2 saturated heterocycles. The molecule has 1 aromatic rings. The zero-order valence-electron chi connectivity index (χ0n) is 13.9. The fraction of sp³-hybridized carbons (Fsp3) is 0.688. The van der Waals surface area contributed by atoms with Crippen LogP contribution < -0.4 is 0 Å². The molecule has 2 aliphatic heterocycles. The summed E-state index contributed by atoms with van der Waals surface area (Å²) in [5.74, 6) is -1.42. The summed E-state index contributed by atoms with van der Waals surface area (Å²) in [5.41, 5.74) is 0.792. The number of hydrogen-bond acceptors (Lipinski definition) is 5. The molecular weight excluding hydrogens is 312 g/mol. The fourth-order valence-electron chi connectivity index (χ4n) is 3.55. The summed E-state index contributed by atoms with van der Waals surface area (Å²) in [4.78, 5) is 28.2. The topological polar surface area (TPSA) is 87.9 Å². The summed E-state index contributed by atoms with van der Waals surface area (Å²) >= 11 is 0. The molecule has 2 atom stereocenters. The molecule has 0 aromatic carbocycles. The van der Waals surface area contributed by atoms with Crippen molar-refractivity contribution in [1.29, 1.82) is 0 Å². The van der Waals surface area contributed by atoms with Crippen molar-refractivity contribution in [1.82, 2.24) is 19.6 Å². The molecule has 24 heavy (non-hydrogen) atoms. The lowest BCUT2D eigenvalue weighted by atomic mass is 9.85. The minimum atomic E-state index is -0.854. The summed E-state index contributed by atoms with van der Waals surface area (Å²) in [7, 11) is 1.79. The van der Waals surface area contributed by atoms with Gasteiger partial charge in [-0.15, -0.1) is 0 Å². The van der Waals surface area contributed by atoms with Crippen LogP contribution in [0.4, 0.5) is 0 Å². The second-order valence-electron chi connectivity index (χ2n) is 6.42. The number of piperidine rings is 1. The molecule has 0 spiro atoms. The van der Waals surface area contributed by atoms with Crippen molar-refractivity contribution in [3.05, 3.63) is 18.0 Å². The number of carbonyl (C=O) groups is 2. The van der Waals surface area contributed by atoms with Gasteiger partial charge in [0.05, 0.1) is 31.4 Å². The normalized spacial score (nSPS) is 25.9. The number of rotatable bonds is 5. The Bertz CT molecular complexity index is 597. The highest BCUT2D eigenvalue weighted by Crippen LogP contribution is 2.36. The summed E-state index contributed by atoms with van der Waals surface area (Å²) in [6.07, 6.45) is 4.14. The van der Waals surface area contributed by atoms with Crippen LogP contribution in [-0.4, -0.2) is 76.0 Å². The Morgan fingerprint density at radius 3 is 2.75 bits per heavy atom. The summed E-state index contributed by atoms with van der Waals surface area (Å²) in [5, 5.41) is 13.8. The number of nitrogens with zero attached hydrogens (tertiary/aromatic N) is 4. The Kier molecular flexibility index (Phi) is 5.15. The van der Waals surface area contributed by atoms with E-state index in [1.165, 1.54) is 0 Å². The first kappa shape index (κ1) is 16.9. The van der Waals surface area contributed by atoms with Gasteiger partial charge in [0, 0.05) is 51.4 Å². The van der Waals surface area contributed by atoms with Crippen LogP contribution in [0.3, 0.4) is 0 Å². The molecule has 132 valence electrons. The highest BCUT2D eigenvalue weighted by Gasteiger charge is 2.41. The number of aromatic nitrogens is 2. The van der Waals surface area contributed by atoms with Crippen LogP contribution >= 0.6 is 0 Å². The number of morpholine rings is 1. The first-order chi connectivity index (χ1) is 11.6. The SMILES string of the molecule is Cn1cc([C@@H]2[C@@H](C(=O)O)CCC(=O)N2CCN2CCOCC2)cn1. The van der Waals surface area contributed by atoms with E-state index in [4.69, 9.17) is 4.74 Å². The number of carboxylic acids is 1. The van der Waals surface area contributed by atoms with Crippen LogP contribution in [0.25, 0.3) is 0 Å². The molecule has 1 aromatic heterocycles. The standard InChI is InChI=1S/C16H24N4O4/c1-18-11-12(10-17-18)15-13(16(22)23)2-3-14(21)20(15)5-4-19-6-8-24-9-7-19/h10-11,13,15H,2-9H2,1H3,(H,22,23)/t13-,15+/m0/s1. The van der Waals surface area contributed by atoms with E-state index in [1.807, 2.05) is 0 Å². The van der Waals surface area contributed by atoms with Gasteiger partial charge < -0.3 is 14.7 Å². The highest BCUT2D eigenvalue weighted by molar-refractivity contribution is 5.81. The van der Waals surface area contributed by atoms with Gasteiger partial charge >= 0.3 is 5.97 Å². The third-order valence-corrected chi connectivity index (χ3v) is 4.85. The first-order valence-electron chi connectivity index (χ1n) is 8.37. The Morgan fingerprint density at radius 1 is 1.38 bits per heavy atom. The molecular formula is C16H24N4O4. The van der Waals surface area contributed by atoms with Gasteiger partial charge in [0.25, 0.3) is 0 Å². The number of amides is 1. The van der Waals surface area contributed by atoms with E-state index in [0.29, 0.717) is 26.2 Å². The van der Waals surface area contributed by atoms with Gasteiger partial charge in [-0.2, -0.15) is 5.10 Å². The van der Waals surface area contributed by atoms with Crippen molar-refractivity contribution in [3.63, 3.8) is 0 Å². The van der Waals surface area contributed by atoms with E-state index < -0.39 is 17.9 Å². The van der Waals surface area contributed by atoms with Crippen LogP contribution in [0.1, 0.15) is 24.4 Å². The third kappa shape index (κ3) is 3.59. The van der Waals surface area contributed by atoms with Gasteiger partial charge in [-0.3, -0.25) is 19.2 Å². The molecule has 8 nitrogen and oxygen atoms in total. The maximum absolute atomic E-state index is 12.5. The predicted octanol–water partition coefficient (Wildman–Crippen LogP) is 0.117. The molecule has 1 amide bonds. The number of carboxylic acid groups (broad SMARTS) is 1. The van der Waals surface area contributed by atoms with Crippen LogP contribution in [0.15, 0.2) is 12.4 Å². The van der Waals surface area contributed by atoms with Gasteiger partial charge in [0.1, 0.15) is 0 Å². The van der Waals surface area contributed by atoms with Gasteiger partial charge in [-0.25, -0.2) is 0 Å².